The van der Waals surface area contributed by atoms with Gasteiger partial charge >= 0.3 is 0 Å². The number of methoxy groups -OCH3 is 1. The smallest absolute Gasteiger partial charge is 0.101 e. The largest absolute Gasteiger partial charge is 0.383 e. The van der Waals surface area contributed by atoms with Crippen LogP contribution in [0, 0.1) is 11.3 Å². The molecule has 0 rings (SSSR count). The zero-order chi connectivity index (χ0) is 13.3. The van der Waals surface area contributed by atoms with E-state index in [0.29, 0.717) is 6.04 Å². The van der Waals surface area contributed by atoms with Gasteiger partial charge in [0.1, 0.15) is 5.54 Å². The maximum atomic E-state index is 8.80. The first kappa shape index (κ1) is 16.4. The fourth-order valence-corrected chi connectivity index (χ4v) is 1.70. The van der Waals surface area contributed by atoms with Crippen molar-refractivity contribution in [3.63, 3.8) is 0 Å². The van der Waals surface area contributed by atoms with E-state index in [2.05, 4.69) is 24.8 Å². The highest BCUT2D eigenvalue weighted by molar-refractivity contribution is 5.00. The van der Waals surface area contributed by atoms with Gasteiger partial charge in [0.15, 0.2) is 0 Å². The summed E-state index contributed by atoms with van der Waals surface area (Å²) in [7, 11) is 1.73. The molecule has 17 heavy (non-hydrogen) atoms. The SMILES string of the molecule is COCCN(CCCCC(C)(N)C#N)C(C)C. The van der Waals surface area contributed by atoms with Crippen molar-refractivity contribution >= 4 is 0 Å². The van der Waals surface area contributed by atoms with Crippen LogP contribution in [0.15, 0.2) is 0 Å². The molecule has 0 aromatic carbocycles. The molecular weight excluding hydrogens is 214 g/mol. The van der Waals surface area contributed by atoms with Gasteiger partial charge in [-0.05, 0) is 46.6 Å². The van der Waals surface area contributed by atoms with Crippen LogP contribution in [0.25, 0.3) is 0 Å². The van der Waals surface area contributed by atoms with Crippen molar-refractivity contribution in [2.45, 2.75) is 51.6 Å². The van der Waals surface area contributed by atoms with E-state index in [4.69, 9.17) is 15.7 Å². The van der Waals surface area contributed by atoms with Crippen LogP contribution >= 0.6 is 0 Å². The van der Waals surface area contributed by atoms with E-state index < -0.39 is 5.54 Å². The van der Waals surface area contributed by atoms with Gasteiger partial charge in [-0.25, -0.2) is 0 Å². The van der Waals surface area contributed by atoms with Crippen molar-refractivity contribution < 1.29 is 4.74 Å². The van der Waals surface area contributed by atoms with Gasteiger partial charge in [-0.3, -0.25) is 4.90 Å². The standard InChI is InChI=1S/C13H27N3O/c1-12(2)16(9-10-17-4)8-6-5-7-13(3,15)11-14/h12H,5-10,15H2,1-4H3. The van der Waals surface area contributed by atoms with Crippen LogP contribution in [0.2, 0.25) is 0 Å². The van der Waals surface area contributed by atoms with Crippen molar-refractivity contribution in [2.75, 3.05) is 26.8 Å². The van der Waals surface area contributed by atoms with Crippen molar-refractivity contribution in [3.05, 3.63) is 0 Å². The van der Waals surface area contributed by atoms with Crippen LogP contribution in [0.1, 0.15) is 40.0 Å². The van der Waals surface area contributed by atoms with Gasteiger partial charge in [0.05, 0.1) is 12.7 Å². The molecule has 0 aliphatic carbocycles. The van der Waals surface area contributed by atoms with E-state index >= 15 is 0 Å². The molecule has 0 amide bonds. The molecule has 0 saturated carbocycles. The minimum absolute atomic E-state index is 0.533. The highest BCUT2D eigenvalue weighted by Gasteiger charge is 2.16. The van der Waals surface area contributed by atoms with Crippen molar-refractivity contribution in [1.82, 2.24) is 4.90 Å². The molecule has 100 valence electrons. The summed E-state index contributed by atoms with van der Waals surface area (Å²) in [5.74, 6) is 0. The lowest BCUT2D eigenvalue weighted by Gasteiger charge is -2.26. The van der Waals surface area contributed by atoms with E-state index in [1.54, 1.807) is 14.0 Å². The monoisotopic (exact) mass is 241 g/mol. The quantitative estimate of drug-likeness (QED) is 0.625. The molecular formula is C13H27N3O. The Labute approximate surface area is 106 Å². The van der Waals surface area contributed by atoms with Gasteiger partial charge in [-0.1, -0.05) is 0 Å². The van der Waals surface area contributed by atoms with Crippen LogP contribution < -0.4 is 5.73 Å². The number of nitriles is 1. The Bertz CT molecular complexity index is 233. The van der Waals surface area contributed by atoms with Gasteiger partial charge in [-0.2, -0.15) is 5.26 Å². The second-order valence-corrected chi connectivity index (χ2v) is 5.11. The Balaban J connectivity index is 3.80. The Morgan fingerprint density at radius 2 is 2.00 bits per heavy atom. The van der Waals surface area contributed by atoms with Crippen molar-refractivity contribution in [1.29, 1.82) is 5.26 Å². The molecule has 0 radical (unpaired) electrons. The zero-order valence-electron chi connectivity index (χ0n) is 11.7. The molecule has 0 saturated heterocycles. The van der Waals surface area contributed by atoms with Crippen LogP contribution in [0.4, 0.5) is 0 Å². The Kier molecular flexibility index (Phi) is 8.15. The zero-order valence-corrected chi connectivity index (χ0v) is 11.7. The molecule has 1 unspecified atom stereocenters. The summed E-state index contributed by atoms with van der Waals surface area (Å²) in [4.78, 5) is 2.39. The predicted octanol–water partition coefficient (Wildman–Crippen LogP) is 1.75. The fourth-order valence-electron chi connectivity index (χ4n) is 1.70. The third-order valence-electron chi connectivity index (χ3n) is 2.96. The molecule has 0 heterocycles. The molecule has 0 aliphatic rings. The molecule has 0 bridgehead atoms. The van der Waals surface area contributed by atoms with Gasteiger partial charge in [0, 0.05) is 19.7 Å². The average molecular weight is 241 g/mol. The maximum absolute atomic E-state index is 8.80. The number of hydrogen-bond donors (Lipinski definition) is 1. The Hall–Kier alpha value is -0.630. The van der Waals surface area contributed by atoms with Crippen LogP contribution in [-0.4, -0.2) is 43.3 Å². The summed E-state index contributed by atoms with van der Waals surface area (Å²) in [6.07, 6.45) is 2.84. The van der Waals surface area contributed by atoms with Crippen LogP contribution in [-0.2, 0) is 4.74 Å². The molecule has 0 fully saturated rings. The molecule has 0 spiro atoms. The number of rotatable bonds is 9. The number of unbranched alkanes of at least 4 members (excludes halogenated alkanes) is 1. The van der Waals surface area contributed by atoms with E-state index in [1.807, 2.05) is 0 Å². The lowest BCUT2D eigenvalue weighted by molar-refractivity contribution is 0.128. The summed E-state index contributed by atoms with van der Waals surface area (Å²) in [6.45, 7) is 8.95. The van der Waals surface area contributed by atoms with Crippen molar-refractivity contribution in [3.8, 4) is 6.07 Å². The van der Waals surface area contributed by atoms with Crippen LogP contribution in [0.5, 0.6) is 0 Å². The molecule has 1 atom stereocenters. The summed E-state index contributed by atoms with van der Waals surface area (Å²) < 4.78 is 5.10. The molecule has 0 aromatic rings. The van der Waals surface area contributed by atoms with Gasteiger partial charge in [-0.15, -0.1) is 0 Å². The van der Waals surface area contributed by atoms with Crippen molar-refractivity contribution in [2.24, 2.45) is 5.73 Å². The molecule has 0 aromatic heterocycles. The van der Waals surface area contributed by atoms with Gasteiger partial charge in [0.25, 0.3) is 0 Å². The summed E-state index contributed by atoms with van der Waals surface area (Å²) >= 11 is 0. The van der Waals surface area contributed by atoms with E-state index in [-0.39, 0.29) is 0 Å². The third-order valence-corrected chi connectivity index (χ3v) is 2.96. The van der Waals surface area contributed by atoms with Gasteiger partial charge in [0.2, 0.25) is 0 Å². The molecule has 2 N–H and O–H groups in total. The minimum Gasteiger partial charge on any atom is -0.383 e. The van der Waals surface area contributed by atoms with E-state index in [0.717, 1.165) is 39.0 Å². The average Bonchev–Trinajstić information content (AvgIpc) is 2.27. The molecule has 4 nitrogen and oxygen atoms in total. The maximum Gasteiger partial charge on any atom is 0.101 e. The Morgan fingerprint density at radius 3 is 2.47 bits per heavy atom. The van der Waals surface area contributed by atoms with E-state index in [1.165, 1.54) is 0 Å². The topological polar surface area (TPSA) is 62.3 Å². The summed E-state index contributed by atoms with van der Waals surface area (Å²) in [5, 5.41) is 8.80. The number of nitrogens with two attached hydrogens (primary N) is 1. The first-order chi connectivity index (χ1) is 7.93. The number of hydrogen-bond acceptors (Lipinski definition) is 4. The second kappa shape index (κ2) is 8.46. The summed E-state index contributed by atoms with van der Waals surface area (Å²) in [6, 6.07) is 2.66. The number of nitrogens with zero attached hydrogens (tertiary/aromatic N) is 2. The van der Waals surface area contributed by atoms with Gasteiger partial charge < -0.3 is 10.5 Å². The normalized spacial score (nSPS) is 14.9. The first-order valence-corrected chi connectivity index (χ1v) is 6.36. The molecule has 0 aliphatic heterocycles. The highest BCUT2D eigenvalue weighted by Crippen LogP contribution is 2.10. The first-order valence-electron chi connectivity index (χ1n) is 6.36. The van der Waals surface area contributed by atoms with Crippen LogP contribution in [0.3, 0.4) is 0 Å². The second-order valence-electron chi connectivity index (χ2n) is 5.11. The van der Waals surface area contributed by atoms with E-state index in [9.17, 15) is 0 Å². The third kappa shape index (κ3) is 8.14. The minimum atomic E-state index is -0.671. The lowest BCUT2D eigenvalue weighted by atomic mass is 9.98. The summed E-state index contributed by atoms with van der Waals surface area (Å²) in [5.41, 5.74) is 5.11. The number of ether oxygens (including phenoxy) is 1. The molecule has 4 heteroatoms. The highest BCUT2D eigenvalue weighted by atomic mass is 16.5. The fraction of sp³-hybridized carbons (Fsp3) is 0.923. The lowest BCUT2D eigenvalue weighted by Crippen LogP contribution is -2.36. The Morgan fingerprint density at radius 1 is 1.35 bits per heavy atom. The predicted molar refractivity (Wildman–Crippen MR) is 70.6 cm³/mol.